The highest BCUT2D eigenvalue weighted by Gasteiger charge is 2.26. The van der Waals surface area contributed by atoms with Crippen LogP contribution in [0.15, 0.2) is 28.7 Å². The van der Waals surface area contributed by atoms with Gasteiger partial charge in [0, 0.05) is 4.47 Å². The summed E-state index contributed by atoms with van der Waals surface area (Å²) in [5.74, 6) is 1.47. The van der Waals surface area contributed by atoms with E-state index in [4.69, 9.17) is 10.5 Å². The van der Waals surface area contributed by atoms with Crippen molar-refractivity contribution in [3.8, 4) is 5.75 Å². The zero-order valence-electron chi connectivity index (χ0n) is 10.9. The first-order valence-electron chi connectivity index (χ1n) is 6.06. The molecule has 17 heavy (non-hydrogen) atoms. The van der Waals surface area contributed by atoms with Crippen LogP contribution in [0.25, 0.3) is 0 Å². The molecule has 1 aromatic carbocycles. The summed E-state index contributed by atoms with van der Waals surface area (Å²) >= 11 is 3.43. The average molecular weight is 300 g/mol. The summed E-state index contributed by atoms with van der Waals surface area (Å²) in [4.78, 5) is 0. The molecule has 0 amide bonds. The van der Waals surface area contributed by atoms with E-state index in [1.807, 2.05) is 24.3 Å². The molecule has 2 N–H and O–H groups in total. The maximum atomic E-state index is 5.85. The predicted octanol–water partition coefficient (Wildman–Crippen LogP) is 3.84. The molecule has 0 aliphatic carbocycles. The monoisotopic (exact) mass is 299 g/mol. The fourth-order valence-electron chi connectivity index (χ4n) is 1.59. The standard InChI is InChI=1S/C14H22BrNO/c1-11(2)14(3,10-16)7-8-17-13-6-4-5-12(15)9-13/h4-6,9,11H,7-8,10,16H2,1-3H3. The Morgan fingerprint density at radius 3 is 2.65 bits per heavy atom. The van der Waals surface area contributed by atoms with Crippen molar-refractivity contribution in [2.45, 2.75) is 27.2 Å². The van der Waals surface area contributed by atoms with Crippen LogP contribution in [0.1, 0.15) is 27.2 Å². The van der Waals surface area contributed by atoms with Crippen LogP contribution in [-0.2, 0) is 0 Å². The zero-order valence-corrected chi connectivity index (χ0v) is 12.5. The van der Waals surface area contributed by atoms with Crippen LogP contribution in [0.4, 0.5) is 0 Å². The van der Waals surface area contributed by atoms with Gasteiger partial charge in [-0.1, -0.05) is 42.8 Å². The first kappa shape index (κ1) is 14.5. The van der Waals surface area contributed by atoms with Crippen LogP contribution in [0, 0.1) is 11.3 Å². The summed E-state index contributed by atoms with van der Waals surface area (Å²) in [5.41, 5.74) is 6.01. The molecule has 0 bridgehead atoms. The fraction of sp³-hybridized carbons (Fsp3) is 0.571. The second-order valence-electron chi connectivity index (χ2n) is 5.07. The molecule has 0 heterocycles. The normalized spacial score (nSPS) is 14.7. The summed E-state index contributed by atoms with van der Waals surface area (Å²) in [5, 5.41) is 0. The van der Waals surface area contributed by atoms with E-state index in [0.717, 1.165) is 16.6 Å². The van der Waals surface area contributed by atoms with E-state index in [0.29, 0.717) is 19.1 Å². The molecule has 0 aliphatic rings. The predicted molar refractivity (Wildman–Crippen MR) is 76.3 cm³/mol. The molecule has 0 aliphatic heterocycles. The van der Waals surface area contributed by atoms with Gasteiger partial charge in [-0.2, -0.15) is 0 Å². The first-order valence-corrected chi connectivity index (χ1v) is 6.85. The van der Waals surface area contributed by atoms with E-state index >= 15 is 0 Å². The Hall–Kier alpha value is -0.540. The van der Waals surface area contributed by atoms with Gasteiger partial charge >= 0.3 is 0 Å². The van der Waals surface area contributed by atoms with Crippen LogP contribution in [-0.4, -0.2) is 13.2 Å². The van der Waals surface area contributed by atoms with Gasteiger partial charge in [-0.25, -0.2) is 0 Å². The molecule has 0 aromatic heterocycles. The number of hydrogen-bond donors (Lipinski definition) is 1. The number of hydrogen-bond acceptors (Lipinski definition) is 2. The van der Waals surface area contributed by atoms with Crippen molar-refractivity contribution in [2.24, 2.45) is 17.1 Å². The summed E-state index contributed by atoms with van der Waals surface area (Å²) in [6, 6.07) is 7.92. The van der Waals surface area contributed by atoms with Crippen molar-refractivity contribution in [1.29, 1.82) is 0 Å². The SMILES string of the molecule is CC(C)C(C)(CN)CCOc1cccc(Br)c1. The molecule has 0 fully saturated rings. The smallest absolute Gasteiger partial charge is 0.120 e. The van der Waals surface area contributed by atoms with Crippen molar-refractivity contribution in [2.75, 3.05) is 13.2 Å². The van der Waals surface area contributed by atoms with Gasteiger partial charge in [0.15, 0.2) is 0 Å². The summed E-state index contributed by atoms with van der Waals surface area (Å²) in [6.07, 6.45) is 0.980. The average Bonchev–Trinajstić information content (AvgIpc) is 2.28. The van der Waals surface area contributed by atoms with Crippen molar-refractivity contribution in [3.05, 3.63) is 28.7 Å². The lowest BCUT2D eigenvalue weighted by Crippen LogP contribution is -2.34. The molecule has 1 aromatic rings. The lowest BCUT2D eigenvalue weighted by atomic mass is 9.77. The highest BCUT2D eigenvalue weighted by atomic mass is 79.9. The highest BCUT2D eigenvalue weighted by molar-refractivity contribution is 9.10. The number of benzene rings is 1. The minimum absolute atomic E-state index is 0.159. The van der Waals surface area contributed by atoms with Crippen molar-refractivity contribution >= 4 is 15.9 Å². The number of halogens is 1. The van der Waals surface area contributed by atoms with Gasteiger partial charge in [-0.3, -0.25) is 0 Å². The quantitative estimate of drug-likeness (QED) is 0.866. The van der Waals surface area contributed by atoms with Gasteiger partial charge in [-0.05, 0) is 42.5 Å². The highest BCUT2D eigenvalue weighted by Crippen LogP contribution is 2.30. The molecular formula is C14H22BrNO. The van der Waals surface area contributed by atoms with Crippen LogP contribution < -0.4 is 10.5 Å². The molecule has 3 heteroatoms. The second-order valence-corrected chi connectivity index (χ2v) is 5.98. The minimum atomic E-state index is 0.159. The van der Waals surface area contributed by atoms with Crippen molar-refractivity contribution in [1.82, 2.24) is 0 Å². The minimum Gasteiger partial charge on any atom is -0.494 e. The Morgan fingerprint density at radius 1 is 1.41 bits per heavy atom. The fourth-order valence-corrected chi connectivity index (χ4v) is 1.96. The maximum Gasteiger partial charge on any atom is 0.120 e. The molecule has 0 radical (unpaired) electrons. The summed E-state index contributed by atoms with van der Waals surface area (Å²) in [6.45, 7) is 8.06. The van der Waals surface area contributed by atoms with E-state index in [-0.39, 0.29) is 5.41 Å². The van der Waals surface area contributed by atoms with Crippen molar-refractivity contribution in [3.63, 3.8) is 0 Å². The third-order valence-electron chi connectivity index (χ3n) is 3.60. The van der Waals surface area contributed by atoms with Gasteiger partial charge in [0.2, 0.25) is 0 Å². The lowest BCUT2D eigenvalue weighted by Gasteiger charge is -2.32. The third-order valence-corrected chi connectivity index (χ3v) is 4.09. The van der Waals surface area contributed by atoms with Crippen molar-refractivity contribution < 1.29 is 4.74 Å². The van der Waals surface area contributed by atoms with E-state index in [1.165, 1.54) is 0 Å². The third kappa shape index (κ3) is 4.32. The van der Waals surface area contributed by atoms with Gasteiger partial charge in [0.05, 0.1) is 6.61 Å². The Bertz CT molecular complexity index is 354. The van der Waals surface area contributed by atoms with Crippen LogP contribution >= 0.6 is 15.9 Å². The van der Waals surface area contributed by atoms with Gasteiger partial charge in [0.1, 0.15) is 5.75 Å². The number of ether oxygens (including phenoxy) is 1. The Balaban J connectivity index is 2.47. The first-order chi connectivity index (χ1) is 7.98. The lowest BCUT2D eigenvalue weighted by molar-refractivity contribution is 0.162. The topological polar surface area (TPSA) is 35.2 Å². The Kier molecular flexibility index (Phi) is 5.47. The molecule has 0 saturated heterocycles. The second kappa shape index (κ2) is 6.41. The zero-order chi connectivity index (χ0) is 12.9. The molecule has 96 valence electrons. The van der Waals surface area contributed by atoms with Crippen LogP contribution in [0.3, 0.4) is 0 Å². The van der Waals surface area contributed by atoms with E-state index in [9.17, 15) is 0 Å². The van der Waals surface area contributed by atoms with Gasteiger partial charge in [0.25, 0.3) is 0 Å². The molecule has 0 saturated carbocycles. The maximum absolute atomic E-state index is 5.85. The number of nitrogens with two attached hydrogens (primary N) is 1. The number of rotatable bonds is 6. The van der Waals surface area contributed by atoms with Gasteiger partial charge in [-0.15, -0.1) is 0 Å². The molecule has 1 rings (SSSR count). The summed E-state index contributed by atoms with van der Waals surface area (Å²) < 4.78 is 6.79. The van der Waals surface area contributed by atoms with Crippen LogP contribution in [0.2, 0.25) is 0 Å². The molecule has 1 atom stereocenters. The summed E-state index contributed by atoms with van der Waals surface area (Å²) in [7, 11) is 0. The Morgan fingerprint density at radius 2 is 2.12 bits per heavy atom. The van der Waals surface area contributed by atoms with Gasteiger partial charge < -0.3 is 10.5 Å². The largest absolute Gasteiger partial charge is 0.494 e. The molecule has 0 spiro atoms. The molecule has 1 unspecified atom stereocenters. The van der Waals surface area contributed by atoms with E-state index in [1.54, 1.807) is 0 Å². The van der Waals surface area contributed by atoms with E-state index in [2.05, 4.69) is 36.7 Å². The molecular weight excluding hydrogens is 278 g/mol. The molecule has 2 nitrogen and oxygen atoms in total. The van der Waals surface area contributed by atoms with E-state index < -0.39 is 0 Å². The Labute approximate surface area is 113 Å². The van der Waals surface area contributed by atoms with Crippen LogP contribution in [0.5, 0.6) is 5.75 Å².